The minimum Gasteiger partial charge on any atom is -0.352 e. The average Bonchev–Trinajstić information content (AvgIpc) is 3.17. The molecule has 1 heterocycles. The van der Waals surface area contributed by atoms with Gasteiger partial charge in [-0.2, -0.15) is 13.2 Å². The van der Waals surface area contributed by atoms with Crippen molar-refractivity contribution >= 4 is 46.4 Å². The van der Waals surface area contributed by atoms with Crippen LogP contribution in [-0.2, 0) is 21.8 Å². The van der Waals surface area contributed by atoms with E-state index < -0.39 is 17.6 Å². The van der Waals surface area contributed by atoms with Gasteiger partial charge >= 0.3 is 6.18 Å². The summed E-state index contributed by atoms with van der Waals surface area (Å²) in [6.45, 7) is 3.62. The lowest BCUT2D eigenvalue weighted by molar-refractivity contribution is -0.269. The van der Waals surface area contributed by atoms with Crippen molar-refractivity contribution in [3.05, 3.63) is 74.0 Å². The molecule has 1 aliphatic heterocycles. The maximum absolute atomic E-state index is 14.3. The Morgan fingerprint density at radius 1 is 1.15 bits per heavy atom. The molecular formula is C22H19Cl3F4N2O2. The van der Waals surface area contributed by atoms with Gasteiger partial charge in [0, 0.05) is 29.7 Å². The molecule has 1 atom stereocenters. The van der Waals surface area contributed by atoms with E-state index in [4.69, 9.17) is 39.6 Å². The van der Waals surface area contributed by atoms with Gasteiger partial charge in [-0.15, -0.1) is 0 Å². The third-order valence-corrected chi connectivity index (χ3v) is 6.13. The van der Waals surface area contributed by atoms with Crippen molar-refractivity contribution in [2.45, 2.75) is 38.6 Å². The molecule has 0 saturated carbocycles. The van der Waals surface area contributed by atoms with Crippen LogP contribution in [0.1, 0.15) is 37.0 Å². The standard InChI is InChI=1S/C22H19Cl3F4N2O2/c1-11(2)5-19(32)30-10-13-6-12(3-4-17(13)26)18-9-21(33-31-18,22(27,28)29)14-7-15(23)20(25)16(24)8-14/h3-4,6-9,11,31H,5,10H2,1-2H3,(H,30,32). The van der Waals surface area contributed by atoms with E-state index in [1.807, 2.05) is 13.8 Å². The zero-order valence-electron chi connectivity index (χ0n) is 17.4. The minimum atomic E-state index is -4.91. The Labute approximate surface area is 202 Å². The second-order valence-electron chi connectivity index (χ2n) is 7.93. The Hall–Kier alpha value is -2.00. The average molecular weight is 526 g/mol. The number of carbonyl (C=O) groups excluding carboxylic acids is 1. The van der Waals surface area contributed by atoms with Crippen molar-refractivity contribution in [1.82, 2.24) is 10.8 Å². The van der Waals surface area contributed by atoms with Crippen molar-refractivity contribution < 1.29 is 27.2 Å². The molecule has 1 unspecified atom stereocenters. The molecule has 0 saturated heterocycles. The third-order valence-electron chi connectivity index (χ3n) is 4.93. The van der Waals surface area contributed by atoms with Crippen molar-refractivity contribution in [3.8, 4) is 0 Å². The van der Waals surface area contributed by atoms with E-state index in [2.05, 4.69) is 10.8 Å². The summed E-state index contributed by atoms with van der Waals surface area (Å²) < 4.78 is 56.8. The van der Waals surface area contributed by atoms with E-state index >= 15 is 0 Å². The largest absolute Gasteiger partial charge is 0.428 e. The Morgan fingerprint density at radius 2 is 1.79 bits per heavy atom. The topological polar surface area (TPSA) is 50.4 Å². The van der Waals surface area contributed by atoms with Gasteiger partial charge in [-0.05, 0) is 42.3 Å². The summed E-state index contributed by atoms with van der Waals surface area (Å²) in [7, 11) is 0. The first-order valence-electron chi connectivity index (χ1n) is 9.78. The maximum atomic E-state index is 14.3. The Bertz CT molecular complexity index is 1080. The van der Waals surface area contributed by atoms with Gasteiger partial charge in [-0.1, -0.05) is 48.7 Å². The zero-order chi connectivity index (χ0) is 24.6. The van der Waals surface area contributed by atoms with E-state index in [0.29, 0.717) is 0 Å². The molecule has 0 spiro atoms. The van der Waals surface area contributed by atoms with Crippen molar-refractivity contribution in [2.75, 3.05) is 0 Å². The predicted molar refractivity (Wildman–Crippen MR) is 119 cm³/mol. The summed E-state index contributed by atoms with van der Waals surface area (Å²) in [6, 6.07) is 5.77. The second kappa shape index (κ2) is 9.70. The van der Waals surface area contributed by atoms with Crippen LogP contribution in [-0.4, -0.2) is 12.1 Å². The smallest absolute Gasteiger partial charge is 0.352 e. The van der Waals surface area contributed by atoms with E-state index in [1.165, 1.54) is 12.1 Å². The SMILES string of the molecule is CC(C)CC(=O)NCc1cc(C2=CC(c3cc(Cl)c(Cl)c(Cl)c3)(C(F)(F)F)ON2)ccc1F. The van der Waals surface area contributed by atoms with Crippen LogP contribution in [0.25, 0.3) is 5.70 Å². The molecule has 1 amide bonds. The number of benzene rings is 2. The van der Waals surface area contributed by atoms with Crippen LogP contribution in [0.15, 0.2) is 36.4 Å². The van der Waals surface area contributed by atoms with Crippen LogP contribution in [0.5, 0.6) is 0 Å². The molecule has 33 heavy (non-hydrogen) atoms. The number of nitrogens with one attached hydrogen (secondary N) is 2. The number of hydroxylamine groups is 1. The lowest BCUT2D eigenvalue weighted by Gasteiger charge is -2.29. The van der Waals surface area contributed by atoms with Crippen LogP contribution in [0.2, 0.25) is 15.1 Å². The van der Waals surface area contributed by atoms with Gasteiger partial charge in [-0.25, -0.2) is 4.39 Å². The number of rotatable bonds is 6. The number of amides is 1. The maximum Gasteiger partial charge on any atom is 0.428 e. The Balaban J connectivity index is 1.97. The molecule has 178 valence electrons. The summed E-state index contributed by atoms with van der Waals surface area (Å²) >= 11 is 17.7. The van der Waals surface area contributed by atoms with E-state index in [9.17, 15) is 22.4 Å². The van der Waals surface area contributed by atoms with Crippen molar-refractivity contribution in [3.63, 3.8) is 0 Å². The molecule has 2 N–H and O–H groups in total. The van der Waals surface area contributed by atoms with Crippen LogP contribution < -0.4 is 10.8 Å². The number of halogens is 7. The van der Waals surface area contributed by atoms with E-state index in [1.54, 1.807) is 0 Å². The highest BCUT2D eigenvalue weighted by atomic mass is 35.5. The molecule has 2 aromatic carbocycles. The van der Waals surface area contributed by atoms with Gasteiger partial charge in [0.25, 0.3) is 0 Å². The molecule has 11 heteroatoms. The first-order chi connectivity index (χ1) is 15.3. The summed E-state index contributed by atoms with van der Waals surface area (Å²) in [6.07, 6.45) is -3.82. The van der Waals surface area contributed by atoms with Crippen molar-refractivity contribution in [1.29, 1.82) is 0 Å². The highest BCUT2D eigenvalue weighted by Crippen LogP contribution is 2.49. The van der Waals surface area contributed by atoms with Gasteiger partial charge in [0.05, 0.1) is 20.8 Å². The van der Waals surface area contributed by atoms with Crippen molar-refractivity contribution in [2.24, 2.45) is 5.92 Å². The molecular weight excluding hydrogens is 507 g/mol. The monoisotopic (exact) mass is 524 g/mol. The van der Waals surface area contributed by atoms with Crippen LogP contribution >= 0.6 is 34.8 Å². The Morgan fingerprint density at radius 3 is 2.36 bits per heavy atom. The first kappa shape index (κ1) is 25.6. The Kier molecular flexibility index (Phi) is 7.53. The molecule has 1 aliphatic rings. The zero-order valence-corrected chi connectivity index (χ0v) is 19.7. The van der Waals surface area contributed by atoms with Crippen LogP contribution in [0.3, 0.4) is 0 Å². The molecule has 0 aliphatic carbocycles. The predicted octanol–water partition coefficient (Wildman–Crippen LogP) is 6.78. The normalized spacial score (nSPS) is 18.3. The number of carbonyl (C=O) groups is 1. The highest BCUT2D eigenvalue weighted by Gasteiger charge is 2.59. The molecule has 0 bridgehead atoms. The fourth-order valence-electron chi connectivity index (χ4n) is 3.27. The molecule has 3 rings (SSSR count). The van der Waals surface area contributed by atoms with Gasteiger partial charge in [0.1, 0.15) is 5.82 Å². The van der Waals surface area contributed by atoms with Crippen LogP contribution in [0, 0.1) is 11.7 Å². The van der Waals surface area contributed by atoms with E-state index in [0.717, 1.165) is 24.3 Å². The molecule has 0 fully saturated rings. The van der Waals surface area contributed by atoms with Gasteiger partial charge in [-0.3, -0.25) is 15.1 Å². The minimum absolute atomic E-state index is 0.0516. The van der Waals surface area contributed by atoms with Gasteiger partial charge in [0.2, 0.25) is 11.5 Å². The summed E-state index contributed by atoms with van der Waals surface area (Å²) in [5.74, 6) is -0.748. The fraction of sp³-hybridized carbons (Fsp3) is 0.318. The highest BCUT2D eigenvalue weighted by molar-refractivity contribution is 6.48. The van der Waals surface area contributed by atoms with Crippen LogP contribution in [0.4, 0.5) is 17.6 Å². The van der Waals surface area contributed by atoms with Gasteiger partial charge < -0.3 is 5.32 Å². The molecule has 4 nitrogen and oxygen atoms in total. The number of alkyl halides is 3. The summed E-state index contributed by atoms with van der Waals surface area (Å²) in [5.41, 5.74) is -0.755. The molecule has 0 aromatic heterocycles. The summed E-state index contributed by atoms with van der Waals surface area (Å²) in [4.78, 5) is 16.9. The molecule has 2 aromatic rings. The second-order valence-corrected chi connectivity index (χ2v) is 9.12. The lowest BCUT2D eigenvalue weighted by atomic mass is 9.91. The summed E-state index contributed by atoms with van der Waals surface area (Å²) in [5, 5.41) is 2.17. The van der Waals surface area contributed by atoms with Gasteiger partial charge in [0.15, 0.2) is 0 Å². The quantitative estimate of drug-likeness (QED) is 0.323. The van der Waals surface area contributed by atoms with E-state index in [-0.39, 0.29) is 62.2 Å². The number of hydrogen-bond donors (Lipinski definition) is 2. The number of hydrogen-bond acceptors (Lipinski definition) is 3. The lowest BCUT2D eigenvalue weighted by Crippen LogP contribution is -2.42. The first-order valence-corrected chi connectivity index (χ1v) is 10.9. The fourth-order valence-corrected chi connectivity index (χ4v) is 3.87. The third kappa shape index (κ3) is 5.40. The molecule has 0 radical (unpaired) electrons.